The van der Waals surface area contributed by atoms with Crippen LogP contribution in [0.25, 0.3) is 0 Å². The topological polar surface area (TPSA) is 357 Å². The summed E-state index contributed by atoms with van der Waals surface area (Å²) in [4.78, 5) is 0. The van der Waals surface area contributed by atoms with Crippen LogP contribution in [0.2, 0.25) is 0 Å². The van der Waals surface area contributed by atoms with Gasteiger partial charge < -0.3 is 109 Å². The molecule has 0 amide bonds. The standard InChI is InChI=1S/C26H46O22/c27-1-7(30)13(32)8(31)4-41-23-19(38)15(34)11(46-23)6-43-26-22(17(36)10(3-29)45-26)48-25-20(39)16(35)12(47-25)5-42-24-21(40)18(37)14(33)9(2-28)44-24/h7-40H,1-6H2/t7-,8-,9-,10-,11-,12-,13+,14-,15-,16-,17-,18+,19+,20+,21+,22+,23+,24+,25+,26+/m1/s1. The van der Waals surface area contributed by atoms with E-state index < -0.39 is 162 Å². The Bertz CT molecular complexity index is 965. The van der Waals surface area contributed by atoms with Gasteiger partial charge in [0.2, 0.25) is 0 Å². The zero-order chi connectivity index (χ0) is 35.4. The van der Waals surface area contributed by atoms with E-state index in [0.29, 0.717) is 0 Å². The molecule has 0 radical (unpaired) electrons. The number of hydrogen-bond acceptors (Lipinski definition) is 22. The maximum absolute atomic E-state index is 10.7. The molecule has 4 fully saturated rings. The van der Waals surface area contributed by atoms with Crippen molar-refractivity contribution in [3.8, 4) is 0 Å². The van der Waals surface area contributed by atoms with Gasteiger partial charge >= 0.3 is 0 Å². The zero-order valence-corrected chi connectivity index (χ0v) is 25.3. The molecule has 0 aromatic heterocycles. The molecule has 22 nitrogen and oxygen atoms in total. The largest absolute Gasteiger partial charge is 0.394 e. The lowest BCUT2D eigenvalue weighted by Gasteiger charge is -2.39. The van der Waals surface area contributed by atoms with Crippen LogP contribution in [0.15, 0.2) is 0 Å². The molecule has 282 valence electrons. The first-order valence-electron chi connectivity index (χ1n) is 15.2. The van der Waals surface area contributed by atoms with Gasteiger partial charge in [-0.3, -0.25) is 0 Å². The van der Waals surface area contributed by atoms with Crippen molar-refractivity contribution in [2.45, 2.75) is 123 Å². The number of rotatable bonds is 16. The molecule has 0 aliphatic carbocycles. The second kappa shape index (κ2) is 17.6. The highest BCUT2D eigenvalue weighted by Gasteiger charge is 2.53. The fourth-order valence-electron chi connectivity index (χ4n) is 5.48. The average molecular weight is 711 g/mol. The predicted molar refractivity (Wildman–Crippen MR) is 145 cm³/mol. The molecule has 0 spiro atoms. The van der Waals surface area contributed by atoms with Crippen LogP contribution in [0, 0.1) is 0 Å². The van der Waals surface area contributed by atoms with Gasteiger partial charge in [-0.05, 0) is 0 Å². The van der Waals surface area contributed by atoms with Gasteiger partial charge in [-0.1, -0.05) is 0 Å². The van der Waals surface area contributed by atoms with Crippen LogP contribution in [0.4, 0.5) is 0 Å². The minimum Gasteiger partial charge on any atom is -0.394 e. The Hall–Kier alpha value is -0.880. The van der Waals surface area contributed by atoms with Gasteiger partial charge in [-0.25, -0.2) is 0 Å². The first kappa shape index (κ1) is 39.9. The van der Waals surface area contributed by atoms with Crippen LogP contribution < -0.4 is 0 Å². The lowest BCUT2D eigenvalue weighted by molar-refractivity contribution is -0.308. The van der Waals surface area contributed by atoms with E-state index in [-0.39, 0.29) is 0 Å². The van der Waals surface area contributed by atoms with E-state index in [0.717, 1.165) is 0 Å². The summed E-state index contributed by atoms with van der Waals surface area (Å²) in [6.07, 6.45) is -31.3. The van der Waals surface area contributed by atoms with Crippen LogP contribution >= 0.6 is 0 Å². The summed E-state index contributed by atoms with van der Waals surface area (Å²) in [5, 5.41) is 140. The summed E-state index contributed by atoms with van der Waals surface area (Å²) in [5.41, 5.74) is 0. The predicted octanol–water partition coefficient (Wildman–Crippen LogP) is -9.73. The lowest BCUT2D eigenvalue weighted by Crippen LogP contribution is -2.59. The van der Waals surface area contributed by atoms with E-state index in [1.165, 1.54) is 0 Å². The van der Waals surface area contributed by atoms with Crippen molar-refractivity contribution in [3.63, 3.8) is 0 Å². The van der Waals surface area contributed by atoms with E-state index in [1.54, 1.807) is 0 Å². The van der Waals surface area contributed by atoms with Crippen molar-refractivity contribution in [1.29, 1.82) is 0 Å². The fourth-order valence-corrected chi connectivity index (χ4v) is 5.48. The highest BCUT2D eigenvalue weighted by Crippen LogP contribution is 2.32. The monoisotopic (exact) mass is 710 g/mol. The Morgan fingerprint density at radius 3 is 1.48 bits per heavy atom. The van der Waals surface area contributed by atoms with E-state index in [4.69, 9.17) is 43.0 Å². The average Bonchev–Trinajstić information content (AvgIpc) is 3.64. The maximum Gasteiger partial charge on any atom is 0.187 e. The van der Waals surface area contributed by atoms with Crippen LogP contribution in [0.1, 0.15) is 0 Å². The first-order chi connectivity index (χ1) is 22.7. The highest BCUT2D eigenvalue weighted by atomic mass is 16.8. The van der Waals surface area contributed by atoms with Crippen molar-refractivity contribution in [2.75, 3.05) is 39.6 Å². The molecule has 0 unspecified atom stereocenters. The minimum absolute atomic E-state index is 0.534. The van der Waals surface area contributed by atoms with Crippen molar-refractivity contribution < 1.29 is 109 Å². The van der Waals surface area contributed by atoms with Gasteiger partial charge in [-0.2, -0.15) is 0 Å². The molecule has 4 rings (SSSR count). The third-order valence-electron chi connectivity index (χ3n) is 8.51. The zero-order valence-electron chi connectivity index (χ0n) is 25.3. The Morgan fingerprint density at radius 1 is 0.458 bits per heavy atom. The number of hydrogen-bond donors (Lipinski definition) is 14. The van der Waals surface area contributed by atoms with Crippen molar-refractivity contribution in [2.24, 2.45) is 0 Å². The van der Waals surface area contributed by atoms with Gasteiger partial charge in [0.25, 0.3) is 0 Å². The molecule has 20 atom stereocenters. The summed E-state index contributed by atoms with van der Waals surface area (Å²) in [7, 11) is 0. The molecule has 4 aliphatic rings. The lowest BCUT2D eigenvalue weighted by atomic mass is 9.99. The summed E-state index contributed by atoms with van der Waals surface area (Å²) >= 11 is 0. The Kier molecular flexibility index (Phi) is 14.6. The summed E-state index contributed by atoms with van der Waals surface area (Å²) in [6.45, 7) is -4.01. The second-order valence-corrected chi connectivity index (χ2v) is 11.9. The van der Waals surface area contributed by atoms with Crippen molar-refractivity contribution in [3.05, 3.63) is 0 Å². The normalized spacial score (nSPS) is 47.0. The van der Waals surface area contributed by atoms with E-state index >= 15 is 0 Å². The molecule has 4 aliphatic heterocycles. The first-order valence-corrected chi connectivity index (χ1v) is 15.2. The Morgan fingerprint density at radius 2 is 0.896 bits per heavy atom. The third-order valence-corrected chi connectivity index (χ3v) is 8.51. The maximum atomic E-state index is 10.7. The molecule has 0 bridgehead atoms. The van der Waals surface area contributed by atoms with Crippen LogP contribution in [-0.4, -0.2) is 234 Å². The quantitative estimate of drug-likeness (QED) is 0.0707. The fraction of sp³-hybridized carbons (Fsp3) is 1.00. The molecule has 4 heterocycles. The van der Waals surface area contributed by atoms with E-state index in [2.05, 4.69) is 0 Å². The number of ether oxygens (including phenoxy) is 8. The molecule has 0 saturated carbocycles. The Balaban J connectivity index is 1.31. The molecule has 0 aromatic rings. The smallest absolute Gasteiger partial charge is 0.187 e. The van der Waals surface area contributed by atoms with Crippen LogP contribution in [0.3, 0.4) is 0 Å². The summed E-state index contributed by atoms with van der Waals surface area (Å²) < 4.78 is 43.5. The molecule has 0 aromatic carbocycles. The second-order valence-electron chi connectivity index (χ2n) is 11.9. The minimum atomic E-state index is -1.78. The van der Waals surface area contributed by atoms with Gasteiger partial charge in [0.1, 0.15) is 97.7 Å². The van der Waals surface area contributed by atoms with Gasteiger partial charge in [0.15, 0.2) is 25.2 Å². The molecule has 4 saturated heterocycles. The van der Waals surface area contributed by atoms with Crippen molar-refractivity contribution in [1.82, 2.24) is 0 Å². The highest BCUT2D eigenvalue weighted by molar-refractivity contribution is 4.94. The molecule has 22 heteroatoms. The van der Waals surface area contributed by atoms with E-state index in [1.807, 2.05) is 0 Å². The van der Waals surface area contributed by atoms with Gasteiger partial charge in [0, 0.05) is 0 Å². The van der Waals surface area contributed by atoms with Crippen LogP contribution in [-0.2, 0) is 37.9 Å². The Labute approximate surface area is 272 Å². The molecular formula is C26H46O22. The molecule has 14 N–H and O–H groups in total. The molecule has 48 heavy (non-hydrogen) atoms. The SMILES string of the molecule is OC[C@@H](O)[C@H](O)[C@H](O)CO[C@H]1O[C@H](CO[C@H]2O[C@H](CO)[C@@H](O)[C@@H]2O[C@@H]2O[C@H](CO[C@H]3O[C@H](CO)[C@@H](O)[C@H](O)[C@@H]3O)[C@@H](O)[C@@H]2O)[C@@H](O)[C@@H]1O. The number of aliphatic hydroxyl groups is 14. The van der Waals surface area contributed by atoms with Crippen molar-refractivity contribution >= 4 is 0 Å². The summed E-state index contributed by atoms with van der Waals surface area (Å²) in [5.74, 6) is 0. The van der Waals surface area contributed by atoms with Crippen LogP contribution in [0.5, 0.6) is 0 Å². The summed E-state index contributed by atoms with van der Waals surface area (Å²) in [6, 6.07) is 0. The number of aliphatic hydroxyl groups excluding tert-OH is 14. The third kappa shape index (κ3) is 8.76. The van der Waals surface area contributed by atoms with E-state index in [9.17, 15) is 66.4 Å². The van der Waals surface area contributed by atoms with Gasteiger partial charge in [-0.15, -0.1) is 0 Å². The van der Waals surface area contributed by atoms with Gasteiger partial charge in [0.05, 0.1) is 39.6 Å². The molecular weight excluding hydrogens is 664 g/mol.